The maximum Gasteiger partial charge on any atom is 0.159 e. The lowest BCUT2D eigenvalue weighted by Crippen LogP contribution is -2.43. The molecule has 0 saturated carbocycles. The van der Waals surface area contributed by atoms with Crippen molar-refractivity contribution in [2.45, 2.75) is 33.0 Å². The van der Waals surface area contributed by atoms with Gasteiger partial charge >= 0.3 is 0 Å². The normalized spacial score (nSPS) is 25.2. The topological polar surface area (TPSA) is 41.5 Å². The summed E-state index contributed by atoms with van der Waals surface area (Å²) in [7, 11) is 0. The predicted octanol–water partition coefficient (Wildman–Crippen LogP) is 0.731. The lowest BCUT2D eigenvalue weighted by Gasteiger charge is -2.37. The van der Waals surface area contributed by atoms with Gasteiger partial charge < -0.3 is 15.2 Å². The van der Waals surface area contributed by atoms with Crippen molar-refractivity contribution < 1.29 is 9.84 Å². The average Bonchev–Trinajstić information content (AvgIpc) is 2.06. The fraction of sp³-hybridized carbons (Fsp3) is 1.00. The molecule has 12 heavy (non-hydrogen) atoms. The van der Waals surface area contributed by atoms with Crippen LogP contribution in [0.15, 0.2) is 0 Å². The molecule has 0 aliphatic carbocycles. The predicted molar refractivity (Wildman–Crippen MR) is 47.8 cm³/mol. The van der Waals surface area contributed by atoms with Crippen LogP contribution in [0.25, 0.3) is 0 Å². The van der Waals surface area contributed by atoms with E-state index < -0.39 is 6.29 Å². The molecule has 0 aromatic rings. The van der Waals surface area contributed by atoms with Crippen molar-refractivity contribution in [3.63, 3.8) is 0 Å². The summed E-state index contributed by atoms with van der Waals surface area (Å²) in [5.74, 6) is 0. The van der Waals surface area contributed by atoms with Crippen LogP contribution in [0.3, 0.4) is 0 Å². The number of hydrogen-bond acceptors (Lipinski definition) is 3. The van der Waals surface area contributed by atoms with Crippen LogP contribution in [0.2, 0.25) is 0 Å². The van der Waals surface area contributed by atoms with E-state index in [4.69, 9.17) is 4.74 Å². The smallest absolute Gasteiger partial charge is 0.159 e. The Morgan fingerprint density at radius 3 is 2.58 bits per heavy atom. The number of rotatable bonds is 3. The highest BCUT2D eigenvalue weighted by molar-refractivity contribution is 4.82. The Kier molecular flexibility index (Phi) is 3.50. The fourth-order valence-corrected chi connectivity index (χ4v) is 1.60. The molecule has 72 valence electrons. The summed E-state index contributed by atoms with van der Waals surface area (Å²) in [6.45, 7) is 6.56. The monoisotopic (exact) mass is 173 g/mol. The van der Waals surface area contributed by atoms with Crippen molar-refractivity contribution in [3.8, 4) is 0 Å². The number of nitrogens with one attached hydrogen (secondary N) is 1. The quantitative estimate of drug-likeness (QED) is 0.618. The number of aliphatic hydroxyl groups is 1. The first kappa shape index (κ1) is 9.96. The van der Waals surface area contributed by atoms with E-state index in [1.807, 2.05) is 6.92 Å². The highest BCUT2D eigenvalue weighted by Gasteiger charge is 2.34. The molecule has 0 aromatic heterocycles. The molecule has 1 rings (SSSR count). The van der Waals surface area contributed by atoms with E-state index in [1.165, 1.54) is 0 Å². The summed E-state index contributed by atoms with van der Waals surface area (Å²) in [5.41, 5.74) is -0.0404. The number of hydrogen-bond donors (Lipinski definition) is 2. The minimum Gasteiger partial charge on any atom is -0.367 e. The molecule has 3 heteroatoms. The Hall–Kier alpha value is -0.120. The molecule has 3 nitrogen and oxygen atoms in total. The Morgan fingerprint density at radius 2 is 2.08 bits per heavy atom. The third kappa shape index (κ3) is 2.19. The van der Waals surface area contributed by atoms with Gasteiger partial charge in [0.2, 0.25) is 0 Å². The van der Waals surface area contributed by atoms with Gasteiger partial charge in [0.1, 0.15) is 0 Å². The average molecular weight is 173 g/mol. The molecule has 0 bridgehead atoms. The van der Waals surface area contributed by atoms with Gasteiger partial charge in [0, 0.05) is 12.0 Å². The van der Waals surface area contributed by atoms with E-state index in [1.54, 1.807) is 0 Å². The van der Waals surface area contributed by atoms with Gasteiger partial charge in [-0.15, -0.1) is 0 Å². The SMILES string of the molecule is CCOC(O)C1(C)CCNCC1. The largest absolute Gasteiger partial charge is 0.367 e. The molecule has 0 radical (unpaired) electrons. The molecule has 1 aliphatic heterocycles. The number of piperidine rings is 1. The van der Waals surface area contributed by atoms with Crippen LogP contribution in [0.5, 0.6) is 0 Å². The van der Waals surface area contributed by atoms with Crippen molar-refractivity contribution in [1.29, 1.82) is 0 Å². The van der Waals surface area contributed by atoms with Gasteiger partial charge in [-0.2, -0.15) is 0 Å². The molecule has 0 amide bonds. The van der Waals surface area contributed by atoms with Crippen LogP contribution in [0.4, 0.5) is 0 Å². The zero-order chi connectivity index (χ0) is 9.03. The van der Waals surface area contributed by atoms with Gasteiger partial charge in [-0.25, -0.2) is 0 Å². The van der Waals surface area contributed by atoms with Crippen LogP contribution in [0, 0.1) is 5.41 Å². The Balaban J connectivity index is 2.44. The summed E-state index contributed by atoms with van der Waals surface area (Å²) in [4.78, 5) is 0. The van der Waals surface area contributed by atoms with Crippen molar-refractivity contribution in [2.75, 3.05) is 19.7 Å². The second kappa shape index (κ2) is 4.21. The van der Waals surface area contributed by atoms with E-state index in [-0.39, 0.29) is 5.41 Å². The van der Waals surface area contributed by atoms with Gasteiger partial charge in [0.05, 0.1) is 0 Å². The molecule has 1 unspecified atom stereocenters. The third-order valence-corrected chi connectivity index (χ3v) is 2.67. The van der Waals surface area contributed by atoms with Crippen LogP contribution in [-0.2, 0) is 4.74 Å². The zero-order valence-electron chi connectivity index (χ0n) is 7.97. The molecule has 0 spiro atoms. The van der Waals surface area contributed by atoms with E-state index in [9.17, 15) is 5.11 Å². The Labute approximate surface area is 74.1 Å². The van der Waals surface area contributed by atoms with Crippen LogP contribution in [0.1, 0.15) is 26.7 Å². The van der Waals surface area contributed by atoms with Gasteiger partial charge in [0.15, 0.2) is 6.29 Å². The molecule has 0 aromatic carbocycles. The zero-order valence-corrected chi connectivity index (χ0v) is 7.97. The maximum atomic E-state index is 9.68. The number of aliphatic hydroxyl groups excluding tert-OH is 1. The molecule has 1 heterocycles. The first-order chi connectivity index (χ1) is 5.69. The van der Waals surface area contributed by atoms with E-state index >= 15 is 0 Å². The van der Waals surface area contributed by atoms with Crippen LogP contribution < -0.4 is 5.32 Å². The van der Waals surface area contributed by atoms with E-state index in [0.29, 0.717) is 6.61 Å². The van der Waals surface area contributed by atoms with Gasteiger partial charge in [-0.3, -0.25) is 0 Å². The second-order valence-electron chi connectivity index (χ2n) is 3.71. The summed E-state index contributed by atoms with van der Waals surface area (Å²) < 4.78 is 5.21. The summed E-state index contributed by atoms with van der Waals surface area (Å²) >= 11 is 0. The van der Waals surface area contributed by atoms with Crippen molar-refractivity contribution in [1.82, 2.24) is 5.32 Å². The summed E-state index contributed by atoms with van der Waals surface area (Å²) in [6.07, 6.45) is 1.40. The minimum absolute atomic E-state index is 0.0404. The van der Waals surface area contributed by atoms with Crippen LogP contribution >= 0.6 is 0 Å². The van der Waals surface area contributed by atoms with Crippen molar-refractivity contribution >= 4 is 0 Å². The molecule has 1 atom stereocenters. The van der Waals surface area contributed by atoms with Gasteiger partial charge in [-0.1, -0.05) is 6.92 Å². The molecular formula is C9H19NO2. The maximum absolute atomic E-state index is 9.68. The molecule has 1 aliphatic rings. The van der Waals surface area contributed by atoms with E-state index in [2.05, 4.69) is 12.2 Å². The van der Waals surface area contributed by atoms with Crippen molar-refractivity contribution in [2.24, 2.45) is 5.41 Å². The third-order valence-electron chi connectivity index (χ3n) is 2.67. The number of ether oxygens (including phenoxy) is 1. The van der Waals surface area contributed by atoms with Gasteiger partial charge in [0.25, 0.3) is 0 Å². The standard InChI is InChI=1S/C9H19NO2/c1-3-12-8(11)9(2)4-6-10-7-5-9/h8,10-11H,3-7H2,1-2H3. The minimum atomic E-state index is -0.593. The Bertz CT molecular complexity index is 132. The first-order valence-electron chi connectivity index (χ1n) is 4.69. The first-order valence-corrected chi connectivity index (χ1v) is 4.69. The molecule has 1 fully saturated rings. The van der Waals surface area contributed by atoms with Crippen molar-refractivity contribution in [3.05, 3.63) is 0 Å². The second-order valence-corrected chi connectivity index (χ2v) is 3.71. The lowest BCUT2D eigenvalue weighted by molar-refractivity contribution is -0.174. The Morgan fingerprint density at radius 1 is 1.50 bits per heavy atom. The molecule has 1 saturated heterocycles. The fourth-order valence-electron chi connectivity index (χ4n) is 1.60. The summed E-state index contributed by atoms with van der Waals surface area (Å²) in [5, 5.41) is 13.0. The van der Waals surface area contributed by atoms with Gasteiger partial charge in [-0.05, 0) is 32.9 Å². The highest BCUT2D eigenvalue weighted by atomic mass is 16.6. The molecule has 2 N–H and O–H groups in total. The summed E-state index contributed by atoms with van der Waals surface area (Å²) in [6, 6.07) is 0. The van der Waals surface area contributed by atoms with E-state index in [0.717, 1.165) is 25.9 Å². The highest BCUT2D eigenvalue weighted by Crippen LogP contribution is 2.32. The van der Waals surface area contributed by atoms with Crippen LogP contribution in [-0.4, -0.2) is 31.1 Å². The molecular weight excluding hydrogens is 154 g/mol. The lowest BCUT2D eigenvalue weighted by atomic mass is 9.80.